The lowest BCUT2D eigenvalue weighted by molar-refractivity contribution is -0.0427. The molecule has 3 heteroatoms. The van der Waals surface area contributed by atoms with Crippen molar-refractivity contribution in [2.75, 3.05) is 13.7 Å². The fourth-order valence-corrected chi connectivity index (χ4v) is 2.40. The lowest BCUT2D eigenvalue weighted by Gasteiger charge is -2.32. The number of methoxy groups -OCH3 is 1. The van der Waals surface area contributed by atoms with E-state index in [4.69, 9.17) is 9.47 Å². The first-order valence-electron chi connectivity index (χ1n) is 6.40. The second kappa shape index (κ2) is 5.11. The molecular formula is C15H20O3. The monoisotopic (exact) mass is 248 g/mol. The van der Waals surface area contributed by atoms with Gasteiger partial charge in [-0.2, -0.15) is 0 Å². The van der Waals surface area contributed by atoms with Crippen LogP contribution in [0.1, 0.15) is 42.1 Å². The maximum atomic E-state index is 12.6. The SMILES string of the molecule is COc1ccc(C)cc1C(=O)C1(C)CCCCO1. The van der Waals surface area contributed by atoms with Crippen molar-refractivity contribution in [3.63, 3.8) is 0 Å². The fraction of sp³-hybridized carbons (Fsp3) is 0.533. The minimum absolute atomic E-state index is 0.0303. The van der Waals surface area contributed by atoms with E-state index in [0.29, 0.717) is 17.9 Å². The highest BCUT2D eigenvalue weighted by atomic mass is 16.5. The summed E-state index contributed by atoms with van der Waals surface area (Å²) >= 11 is 0. The molecule has 0 spiro atoms. The van der Waals surface area contributed by atoms with Gasteiger partial charge in [0.2, 0.25) is 0 Å². The van der Waals surface area contributed by atoms with Crippen LogP contribution in [0.2, 0.25) is 0 Å². The quantitative estimate of drug-likeness (QED) is 0.771. The lowest BCUT2D eigenvalue weighted by atomic mass is 9.87. The molecule has 0 radical (unpaired) electrons. The molecule has 0 aromatic heterocycles. The molecule has 1 atom stereocenters. The molecule has 1 aromatic carbocycles. The molecule has 2 rings (SSSR count). The molecule has 1 unspecified atom stereocenters. The van der Waals surface area contributed by atoms with Crippen molar-refractivity contribution in [2.24, 2.45) is 0 Å². The summed E-state index contributed by atoms with van der Waals surface area (Å²) in [6.45, 7) is 4.52. The Kier molecular flexibility index (Phi) is 3.71. The van der Waals surface area contributed by atoms with Crippen molar-refractivity contribution in [3.8, 4) is 5.75 Å². The summed E-state index contributed by atoms with van der Waals surface area (Å²) in [5.74, 6) is 0.656. The first kappa shape index (κ1) is 13.1. The molecule has 1 aliphatic heterocycles. The standard InChI is InChI=1S/C15H20O3/c1-11-6-7-13(17-3)12(10-11)14(16)15(2)8-4-5-9-18-15/h6-7,10H,4-5,8-9H2,1-3H3. The van der Waals surface area contributed by atoms with Gasteiger partial charge in [0.1, 0.15) is 11.4 Å². The van der Waals surface area contributed by atoms with Gasteiger partial charge in [0.25, 0.3) is 0 Å². The van der Waals surface area contributed by atoms with Gasteiger partial charge in [-0.05, 0) is 45.2 Å². The topological polar surface area (TPSA) is 35.5 Å². The number of carbonyl (C=O) groups is 1. The van der Waals surface area contributed by atoms with Crippen LogP contribution in [-0.4, -0.2) is 25.1 Å². The van der Waals surface area contributed by atoms with Gasteiger partial charge < -0.3 is 9.47 Å². The van der Waals surface area contributed by atoms with Gasteiger partial charge in [-0.1, -0.05) is 11.6 Å². The maximum absolute atomic E-state index is 12.6. The van der Waals surface area contributed by atoms with Crippen LogP contribution in [0.5, 0.6) is 5.75 Å². The molecule has 1 aliphatic rings. The normalized spacial score (nSPS) is 23.7. The van der Waals surface area contributed by atoms with E-state index < -0.39 is 5.60 Å². The van der Waals surface area contributed by atoms with Crippen molar-refractivity contribution >= 4 is 5.78 Å². The molecule has 0 bridgehead atoms. The molecule has 0 amide bonds. The first-order chi connectivity index (χ1) is 8.57. The van der Waals surface area contributed by atoms with Gasteiger partial charge in [-0.25, -0.2) is 0 Å². The number of ketones is 1. The van der Waals surface area contributed by atoms with Gasteiger partial charge in [0.15, 0.2) is 5.78 Å². The summed E-state index contributed by atoms with van der Waals surface area (Å²) in [5.41, 5.74) is 0.986. The summed E-state index contributed by atoms with van der Waals surface area (Å²) in [5, 5.41) is 0. The number of rotatable bonds is 3. The number of hydrogen-bond donors (Lipinski definition) is 0. The summed E-state index contributed by atoms with van der Waals surface area (Å²) in [7, 11) is 1.59. The van der Waals surface area contributed by atoms with E-state index >= 15 is 0 Å². The summed E-state index contributed by atoms with van der Waals surface area (Å²) in [6, 6.07) is 5.67. The Morgan fingerprint density at radius 1 is 1.39 bits per heavy atom. The molecule has 18 heavy (non-hydrogen) atoms. The van der Waals surface area contributed by atoms with Crippen LogP contribution in [0.25, 0.3) is 0 Å². The predicted octanol–water partition coefficient (Wildman–Crippen LogP) is 3.15. The van der Waals surface area contributed by atoms with Crippen molar-refractivity contribution < 1.29 is 14.3 Å². The molecule has 1 saturated heterocycles. The van der Waals surface area contributed by atoms with Gasteiger partial charge in [0, 0.05) is 6.61 Å². The molecule has 0 N–H and O–H groups in total. The Morgan fingerprint density at radius 3 is 2.78 bits per heavy atom. The summed E-state index contributed by atoms with van der Waals surface area (Å²) in [6.07, 6.45) is 2.85. The Hall–Kier alpha value is -1.35. The average molecular weight is 248 g/mol. The van der Waals surface area contributed by atoms with Gasteiger partial charge >= 0.3 is 0 Å². The van der Waals surface area contributed by atoms with Gasteiger partial charge in [-0.15, -0.1) is 0 Å². The minimum Gasteiger partial charge on any atom is -0.496 e. The summed E-state index contributed by atoms with van der Waals surface area (Å²) < 4.78 is 11.0. The number of carbonyl (C=O) groups excluding carboxylic acids is 1. The Balaban J connectivity index is 2.35. The second-order valence-electron chi connectivity index (χ2n) is 5.07. The van der Waals surface area contributed by atoms with Crippen LogP contribution in [0.15, 0.2) is 18.2 Å². The zero-order chi connectivity index (χ0) is 13.2. The van der Waals surface area contributed by atoms with Crippen molar-refractivity contribution in [1.29, 1.82) is 0 Å². The Morgan fingerprint density at radius 2 is 2.17 bits per heavy atom. The molecule has 0 aliphatic carbocycles. The summed E-state index contributed by atoms with van der Waals surface area (Å²) in [4.78, 5) is 12.6. The second-order valence-corrected chi connectivity index (χ2v) is 5.07. The van der Waals surface area contributed by atoms with Gasteiger partial charge in [-0.3, -0.25) is 4.79 Å². The highest BCUT2D eigenvalue weighted by Gasteiger charge is 2.37. The van der Waals surface area contributed by atoms with Gasteiger partial charge in [0.05, 0.1) is 12.7 Å². The van der Waals surface area contributed by atoms with E-state index in [2.05, 4.69) is 0 Å². The fourth-order valence-electron chi connectivity index (χ4n) is 2.40. The van der Waals surface area contributed by atoms with E-state index in [1.807, 2.05) is 32.0 Å². The first-order valence-corrected chi connectivity index (χ1v) is 6.40. The van der Waals surface area contributed by atoms with Crippen molar-refractivity contribution in [1.82, 2.24) is 0 Å². The maximum Gasteiger partial charge on any atom is 0.198 e. The highest BCUT2D eigenvalue weighted by molar-refractivity contribution is 6.04. The molecule has 3 nitrogen and oxygen atoms in total. The molecule has 0 saturated carbocycles. The minimum atomic E-state index is -0.695. The zero-order valence-electron chi connectivity index (χ0n) is 11.3. The molecule has 1 fully saturated rings. The average Bonchev–Trinajstić information content (AvgIpc) is 2.38. The predicted molar refractivity (Wildman–Crippen MR) is 70.3 cm³/mol. The van der Waals surface area contributed by atoms with E-state index in [1.165, 1.54) is 0 Å². The van der Waals surface area contributed by atoms with E-state index in [0.717, 1.165) is 24.8 Å². The molecule has 1 aromatic rings. The third-order valence-electron chi connectivity index (χ3n) is 3.55. The number of aryl methyl sites for hydroxylation is 1. The van der Waals surface area contributed by atoms with Crippen LogP contribution >= 0.6 is 0 Å². The lowest BCUT2D eigenvalue weighted by Crippen LogP contribution is -2.41. The Bertz CT molecular complexity index is 445. The number of ether oxygens (including phenoxy) is 2. The smallest absolute Gasteiger partial charge is 0.198 e. The number of Topliss-reactive ketones (excluding diaryl/α,β-unsaturated/α-hetero) is 1. The third kappa shape index (κ3) is 2.41. The molecule has 98 valence electrons. The van der Waals surface area contributed by atoms with E-state index in [-0.39, 0.29) is 5.78 Å². The van der Waals surface area contributed by atoms with Crippen LogP contribution in [0, 0.1) is 6.92 Å². The Labute approximate surface area is 108 Å². The zero-order valence-corrected chi connectivity index (χ0v) is 11.3. The molecule has 1 heterocycles. The molecular weight excluding hydrogens is 228 g/mol. The largest absolute Gasteiger partial charge is 0.496 e. The van der Waals surface area contributed by atoms with Crippen LogP contribution < -0.4 is 4.74 Å². The van der Waals surface area contributed by atoms with Crippen molar-refractivity contribution in [3.05, 3.63) is 29.3 Å². The van der Waals surface area contributed by atoms with Crippen LogP contribution in [0.4, 0.5) is 0 Å². The number of benzene rings is 1. The van der Waals surface area contributed by atoms with Crippen molar-refractivity contribution in [2.45, 2.75) is 38.7 Å². The van der Waals surface area contributed by atoms with Crippen LogP contribution in [0.3, 0.4) is 0 Å². The highest BCUT2D eigenvalue weighted by Crippen LogP contribution is 2.32. The number of hydrogen-bond acceptors (Lipinski definition) is 3. The van der Waals surface area contributed by atoms with E-state index in [1.54, 1.807) is 7.11 Å². The van der Waals surface area contributed by atoms with Crippen LogP contribution in [-0.2, 0) is 4.74 Å². The third-order valence-corrected chi connectivity index (χ3v) is 3.55. The van der Waals surface area contributed by atoms with E-state index in [9.17, 15) is 4.79 Å².